The highest BCUT2D eigenvalue weighted by molar-refractivity contribution is 6.33. The third-order valence-electron chi connectivity index (χ3n) is 3.23. The van der Waals surface area contributed by atoms with Crippen molar-refractivity contribution < 1.29 is 0 Å². The van der Waals surface area contributed by atoms with Crippen LogP contribution in [0.25, 0.3) is 11.1 Å². The minimum Gasteiger partial charge on any atom is -0.357 e. The summed E-state index contributed by atoms with van der Waals surface area (Å²) in [5.74, 6) is 1.34. The lowest BCUT2D eigenvalue weighted by Gasteiger charge is -2.07. The number of hydrogen-bond donors (Lipinski definition) is 1. The Hall–Kier alpha value is -1.61. The van der Waals surface area contributed by atoms with Crippen LogP contribution in [0.5, 0.6) is 0 Å². The van der Waals surface area contributed by atoms with Gasteiger partial charge in [-0.1, -0.05) is 23.7 Å². The Kier molecular flexibility index (Phi) is 2.92. The Morgan fingerprint density at radius 2 is 1.94 bits per heavy atom. The second-order valence-electron chi connectivity index (χ2n) is 4.56. The number of hydrogen-bond acceptors (Lipinski definition) is 3. The molecular formula is C14H14ClN3. The Labute approximate surface area is 111 Å². The first-order valence-corrected chi connectivity index (χ1v) is 6.45. The van der Waals surface area contributed by atoms with Crippen LogP contribution in [-0.2, 0) is 0 Å². The number of aromatic nitrogens is 2. The van der Waals surface area contributed by atoms with Crippen molar-refractivity contribution in [2.24, 2.45) is 0 Å². The van der Waals surface area contributed by atoms with Crippen LogP contribution in [-0.4, -0.2) is 17.0 Å². The number of rotatable bonds is 3. The van der Waals surface area contributed by atoms with Crippen molar-refractivity contribution in [2.75, 3.05) is 12.4 Å². The molecule has 0 amide bonds. The van der Waals surface area contributed by atoms with Gasteiger partial charge in [0.25, 0.3) is 0 Å². The van der Waals surface area contributed by atoms with Gasteiger partial charge in [-0.3, -0.25) is 0 Å². The van der Waals surface area contributed by atoms with Crippen LogP contribution in [0.2, 0.25) is 5.02 Å². The van der Waals surface area contributed by atoms with Gasteiger partial charge in [0.05, 0.1) is 0 Å². The molecule has 0 bridgehead atoms. The Morgan fingerprint density at radius 1 is 1.22 bits per heavy atom. The molecule has 3 rings (SSSR count). The maximum absolute atomic E-state index is 6.34. The molecular weight excluding hydrogens is 246 g/mol. The topological polar surface area (TPSA) is 37.8 Å². The fraction of sp³-hybridized carbons (Fsp3) is 0.286. The van der Waals surface area contributed by atoms with Gasteiger partial charge in [-0.2, -0.15) is 0 Å². The van der Waals surface area contributed by atoms with Gasteiger partial charge in [0.15, 0.2) is 0 Å². The smallest absolute Gasteiger partial charge is 0.222 e. The second-order valence-corrected chi connectivity index (χ2v) is 4.97. The molecule has 18 heavy (non-hydrogen) atoms. The normalized spacial score (nSPS) is 14.6. The zero-order chi connectivity index (χ0) is 12.5. The molecule has 4 heteroatoms. The fourth-order valence-corrected chi connectivity index (χ4v) is 2.33. The number of anilines is 1. The predicted molar refractivity (Wildman–Crippen MR) is 74.0 cm³/mol. The van der Waals surface area contributed by atoms with Gasteiger partial charge in [0.2, 0.25) is 5.95 Å². The fourth-order valence-electron chi connectivity index (χ4n) is 2.03. The average Bonchev–Trinajstić information content (AvgIpc) is 3.23. The molecule has 1 aliphatic rings. The average molecular weight is 260 g/mol. The van der Waals surface area contributed by atoms with E-state index in [4.69, 9.17) is 11.6 Å². The molecule has 2 aromatic rings. The highest BCUT2D eigenvalue weighted by Gasteiger charge is 2.24. The molecule has 0 aliphatic heterocycles. The molecule has 1 aromatic heterocycles. The van der Waals surface area contributed by atoms with Gasteiger partial charge in [-0.25, -0.2) is 9.97 Å². The van der Waals surface area contributed by atoms with Crippen LogP contribution in [0.1, 0.15) is 24.3 Å². The Bertz CT molecular complexity index is 562. The van der Waals surface area contributed by atoms with E-state index in [2.05, 4.69) is 33.5 Å². The SMILES string of the molecule is CNc1ncc(-c2ccc(C3CC3)cc2Cl)cn1. The van der Waals surface area contributed by atoms with Gasteiger partial charge < -0.3 is 5.32 Å². The lowest BCUT2D eigenvalue weighted by atomic mass is 10.0. The molecule has 1 saturated carbocycles. The standard InChI is InChI=1S/C14H14ClN3/c1-16-14-17-7-11(8-18-14)12-5-4-10(6-13(12)15)9-2-3-9/h4-9H,2-3H2,1H3,(H,16,17,18). The van der Waals surface area contributed by atoms with Gasteiger partial charge in [-0.05, 0) is 30.4 Å². The maximum atomic E-state index is 6.34. The highest BCUT2D eigenvalue weighted by atomic mass is 35.5. The van der Waals surface area contributed by atoms with Gasteiger partial charge in [0, 0.05) is 35.6 Å². The maximum Gasteiger partial charge on any atom is 0.222 e. The Morgan fingerprint density at radius 3 is 2.50 bits per heavy atom. The summed E-state index contributed by atoms with van der Waals surface area (Å²) >= 11 is 6.34. The molecule has 1 aromatic carbocycles. The minimum absolute atomic E-state index is 0.615. The van der Waals surface area contributed by atoms with Crippen molar-refractivity contribution in [3.8, 4) is 11.1 Å². The number of nitrogens with zero attached hydrogens (tertiary/aromatic N) is 2. The van der Waals surface area contributed by atoms with E-state index in [-0.39, 0.29) is 0 Å². The molecule has 0 unspecified atom stereocenters. The summed E-state index contributed by atoms with van der Waals surface area (Å²) in [7, 11) is 1.80. The lowest BCUT2D eigenvalue weighted by Crippen LogP contribution is -1.95. The van der Waals surface area contributed by atoms with Crippen molar-refractivity contribution in [3.05, 3.63) is 41.2 Å². The van der Waals surface area contributed by atoms with Crippen molar-refractivity contribution in [1.82, 2.24) is 9.97 Å². The summed E-state index contributed by atoms with van der Waals surface area (Å²) in [5.41, 5.74) is 3.28. The largest absolute Gasteiger partial charge is 0.357 e. The van der Waals surface area contributed by atoms with Crippen LogP contribution in [0.4, 0.5) is 5.95 Å². The lowest BCUT2D eigenvalue weighted by molar-refractivity contribution is 1.13. The van der Waals surface area contributed by atoms with Crippen LogP contribution in [0.3, 0.4) is 0 Å². The molecule has 0 spiro atoms. The number of halogens is 1. The molecule has 1 N–H and O–H groups in total. The van der Waals surface area contributed by atoms with Crippen LogP contribution >= 0.6 is 11.6 Å². The third-order valence-corrected chi connectivity index (χ3v) is 3.54. The van der Waals surface area contributed by atoms with Crippen molar-refractivity contribution >= 4 is 17.5 Å². The third kappa shape index (κ3) is 2.18. The number of benzene rings is 1. The van der Waals surface area contributed by atoms with Crippen LogP contribution in [0, 0.1) is 0 Å². The quantitative estimate of drug-likeness (QED) is 0.913. The summed E-state index contributed by atoms with van der Waals surface area (Å²) in [6, 6.07) is 6.29. The number of nitrogens with one attached hydrogen (secondary N) is 1. The monoisotopic (exact) mass is 259 g/mol. The van der Waals surface area contributed by atoms with E-state index in [1.54, 1.807) is 19.4 Å². The first-order chi connectivity index (χ1) is 8.78. The molecule has 3 nitrogen and oxygen atoms in total. The van der Waals surface area contributed by atoms with E-state index in [0.717, 1.165) is 22.1 Å². The summed E-state index contributed by atoms with van der Waals surface area (Å²) in [6.07, 6.45) is 6.15. The first-order valence-electron chi connectivity index (χ1n) is 6.07. The van der Waals surface area contributed by atoms with E-state index in [1.165, 1.54) is 18.4 Å². The molecule has 0 saturated heterocycles. The first kappa shape index (κ1) is 11.5. The van der Waals surface area contributed by atoms with E-state index < -0.39 is 0 Å². The van der Waals surface area contributed by atoms with Crippen molar-refractivity contribution in [2.45, 2.75) is 18.8 Å². The molecule has 92 valence electrons. The van der Waals surface area contributed by atoms with Crippen molar-refractivity contribution in [1.29, 1.82) is 0 Å². The summed E-state index contributed by atoms with van der Waals surface area (Å²) in [5, 5.41) is 3.68. The summed E-state index contributed by atoms with van der Waals surface area (Å²) < 4.78 is 0. The van der Waals surface area contributed by atoms with Gasteiger partial charge >= 0.3 is 0 Å². The van der Waals surface area contributed by atoms with E-state index in [1.807, 2.05) is 0 Å². The zero-order valence-electron chi connectivity index (χ0n) is 10.2. The molecule has 1 fully saturated rings. The molecule has 1 aliphatic carbocycles. The zero-order valence-corrected chi connectivity index (χ0v) is 10.9. The predicted octanol–water partition coefficient (Wildman–Crippen LogP) is 3.72. The van der Waals surface area contributed by atoms with Crippen LogP contribution < -0.4 is 5.32 Å². The van der Waals surface area contributed by atoms with Crippen LogP contribution in [0.15, 0.2) is 30.6 Å². The van der Waals surface area contributed by atoms with E-state index in [9.17, 15) is 0 Å². The van der Waals surface area contributed by atoms with Crippen molar-refractivity contribution in [3.63, 3.8) is 0 Å². The second kappa shape index (κ2) is 4.58. The van der Waals surface area contributed by atoms with Gasteiger partial charge in [-0.15, -0.1) is 0 Å². The molecule has 0 atom stereocenters. The summed E-state index contributed by atoms with van der Waals surface area (Å²) in [6.45, 7) is 0. The minimum atomic E-state index is 0.615. The van der Waals surface area contributed by atoms with E-state index >= 15 is 0 Å². The Balaban J connectivity index is 1.94. The summed E-state index contributed by atoms with van der Waals surface area (Å²) in [4.78, 5) is 8.41. The highest BCUT2D eigenvalue weighted by Crippen LogP contribution is 2.42. The van der Waals surface area contributed by atoms with Gasteiger partial charge in [0.1, 0.15) is 0 Å². The molecule has 1 heterocycles. The van der Waals surface area contributed by atoms with E-state index in [0.29, 0.717) is 5.95 Å². The molecule has 0 radical (unpaired) electrons.